The molecule has 0 amide bonds. The van der Waals surface area contributed by atoms with Gasteiger partial charge in [0.05, 0.1) is 18.2 Å². The smallest absolute Gasteiger partial charge is 0.309 e. The van der Waals surface area contributed by atoms with Crippen molar-refractivity contribution in [2.75, 3.05) is 18.4 Å². The number of aromatic hydroxyl groups is 1. The molecule has 30 heavy (non-hydrogen) atoms. The molecule has 1 fully saturated rings. The molecule has 0 bridgehead atoms. The average Bonchev–Trinajstić information content (AvgIpc) is 2.61. The number of likely N-dealkylation sites (tertiary alicyclic amines) is 1. The fourth-order valence-electron chi connectivity index (χ4n) is 3.56. The minimum atomic E-state index is -0.960. The Morgan fingerprint density at radius 1 is 1.27 bits per heavy atom. The van der Waals surface area contributed by atoms with Crippen LogP contribution in [0.5, 0.6) is 11.5 Å². The van der Waals surface area contributed by atoms with E-state index in [0.29, 0.717) is 17.3 Å². The van der Waals surface area contributed by atoms with Crippen molar-refractivity contribution in [3.05, 3.63) is 40.8 Å². The van der Waals surface area contributed by atoms with Crippen molar-refractivity contribution in [3.63, 3.8) is 0 Å². The number of hydrogen-bond donors (Lipinski definition) is 3. The summed E-state index contributed by atoms with van der Waals surface area (Å²) in [6, 6.07) is 7.22. The van der Waals surface area contributed by atoms with Crippen LogP contribution in [0.3, 0.4) is 0 Å². The second-order valence-electron chi connectivity index (χ2n) is 7.78. The number of aromatic nitrogens is 2. The first-order chi connectivity index (χ1) is 14.3. The maximum absolute atomic E-state index is 10.9. The molecule has 9 heteroatoms. The van der Waals surface area contributed by atoms with Crippen LogP contribution >= 0.6 is 11.6 Å². The zero-order valence-corrected chi connectivity index (χ0v) is 17.9. The van der Waals surface area contributed by atoms with Crippen LogP contribution in [0.1, 0.15) is 37.9 Å². The van der Waals surface area contributed by atoms with Gasteiger partial charge in [-0.25, -0.2) is 9.97 Å². The van der Waals surface area contributed by atoms with Crippen molar-refractivity contribution in [1.29, 1.82) is 0 Å². The Kier molecular flexibility index (Phi) is 7.33. The summed E-state index contributed by atoms with van der Waals surface area (Å²) in [6.07, 6.45) is 1.67. The number of nitrogens with one attached hydrogen (secondary N) is 1. The Hall–Kier alpha value is -2.58. The van der Waals surface area contributed by atoms with Gasteiger partial charge in [-0.05, 0) is 56.0 Å². The number of carboxylic acids is 1. The summed E-state index contributed by atoms with van der Waals surface area (Å²) in [7, 11) is 0. The predicted octanol–water partition coefficient (Wildman–Crippen LogP) is 3.33. The number of ether oxygens (including phenoxy) is 1. The van der Waals surface area contributed by atoms with Crippen LogP contribution in [-0.4, -0.2) is 56.3 Å². The van der Waals surface area contributed by atoms with Crippen molar-refractivity contribution in [3.8, 4) is 11.5 Å². The highest BCUT2D eigenvalue weighted by molar-refractivity contribution is 6.28. The van der Waals surface area contributed by atoms with Crippen LogP contribution in [0.2, 0.25) is 5.28 Å². The summed E-state index contributed by atoms with van der Waals surface area (Å²) >= 11 is 5.93. The van der Waals surface area contributed by atoms with E-state index < -0.39 is 5.97 Å². The number of piperidine rings is 1. The number of phenolic OH excluding ortho intramolecular Hbond substituents is 1. The summed E-state index contributed by atoms with van der Waals surface area (Å²) in [6.45, 7) is 6.41. The third-order valence-corrected chi connectivity index (χ3v) is 4.92. The molecule has 1 aliphatic rings. The average molecular weight is 435 g/mol. The lowest BCUT2D eigenvalue weighted by atomic mass is 10.0. The van der Waals surface area contributed by atoms with Gasteiger partial charge in [0.1, 0.15) is 17.3 Å². The molecule has 3 rings (SSSR count). The third kappa shape index (κ3) is 6.74. The molecule has 0 saturated carbocycles. The number of phenols is 1. The second kappa shape index (κ2) is 9.95. The van der Waals surface area contributed by atoms with Crippen molar-refractivity contribution >= 4 is 23.4 Å². The van der Waals surface area contributed by atoms with E-state index in [9.17, 15) is 9.90 Å². The SMILES string of the molecule is CC(C)Oc1cc(O)cc(CN2CCC(Nc3cc(CC(=O)O)nc(Cl)n3)CC2)c1. The van der Waals surface area contributed by atoms with Crippen LogP contribution in [-0.2, 0) is 17.8 Å². The topological polar surface area (TPSA) is 108 Å². The molecule has 1 aromatic heterocycles. The number of carbonyl (C=O) groups is 1. The van der Waals surface area contributed by atoms with Gasteiger partial charge < -0.3 is 20.3 Å². The maximum atomic E-state index is 10.9. The first-order valence-electron chi connectivity index (χ1n) is 10.0. The van der Waals surface area contributed by atoms with E-state index in [-0.39, 0.29) is 29.6 Å². The van der Waals surface area contributed by atoms with E-state index in [1.54, 1.807) is 18.2 Å². The fourth-order valence-corrected chi connectivity index (χ4v) is 3.76. The highest BCUT2D eigenvalue weighted by Crippen LogP contribution is 2.25. The Labute approximate surface area is 180 Å². The maximum Gasteiger partial charge on any atom is 0.309 e. The molecule has 1 aromatic carbocycles. The van der Waals surface area contributed by atoms with Gasteiger partial charge >= 0.3 is 5.97 Å². The van der Waals surface area contributed by atoms with E-state index in [1.165, 1.54) is 0 Å². The van der Waals surface area contributed by atoms with Gasteiger partial charge in [0.2, 0.25) is 5.28 Å². The van der Waals surface area contributed by atoms with E-state index in [4.69, 9.17) is 21.4 Å². The molecule has 2 aromatic rings. The van der Waals surface area contributed by atoms with Crippen LogP contribution in [0.4, 0.5) is 5.82 Å². The van der Waals surface area contributed by atoms with Crippen molar-refractivity contribution in [1.82, 2.24) is 14.9 Å². The Morgan fingerprint density at radius 3 is 2.67 bits per heavy atom. The Balaban J connectivity index is 1.55. The van der Waals surface area contributed by atoms with E-state index in [2.05, 4.69) is 20.2 Å². The number of nitrogens with zero attached hydrogens (tertiary/aromatic N) is 3. The monoisotopic (exact) mass is 434 g/mol. The summed E-state index contributed by atoms with van der Waals surface area (Å²) in [5.74, 6) is 0.470. The number of halogens is 1. The third-order valence-electron chi connectivity index (χ3n) is 4.75. The predicted molar refractivity (Wildman–Crippen MR) is 114 cm³/mol. The summed E-state index contributed by atoms with van der Waals surface area (Å²) in [5, 5.41) is 22.3. The highest BCUT2D eigenvalue weighted by atomic mass is 35.5. The molecular formula is C21H27ClN4O4. The highest BCUT2D eigenvalue weighted by Gasteiger charge is 2.20. The number of hydrogen-bond acceptors (Lipinski definition) is 7. The van der Waals surface area contributed by atoms with Gasteiger partial charge in [-0.1, -0.05) is 0 Å². The van der Waals surface area contributed by atoms with Crippen LogP contribution < -0.4 is 10.1 Å². The summed E-state index contributed by atoms with van der Waals surface area (Å²) < 4.78 is 5.70. The van der Waals surface area contributed by atoms with Gasteiger partial charge in [0.25, 0.3) is 0 Å². The zero-order valence-electron chi connectivity index (χ0n) is 17.1. The van der Waals surface area contributed by atoms with Gasteiger partial charge in [0.15, 0.2) is 0 Å². The van der Waals surface area contributed by atoms with Crippen molar-refractivity contribution < 1.29 is 19.7 Å². The quantitative estimate of drug-likeness (QED) is 0.543. The van der Waals surface area contributed by atoms with Crippen molar-refractivity contribution in [2.45, 2.75) is 51.8 Å². The number of aliphatic carboxylic acids is 1. The lowest BCUT2D eigenvalue weighted by Gasteiger charge is -2.32. The number of anilines is 1. The molecule has 2 heterocycles. The number of rotatable bonds is 8. The van der Waals surface area contributed by atoms with Gasteiger partial charge in [-0.2, -0.15) is 0 Å². The van der Waals surface area contributed by atoms with E-state index in [0.717, 1.165) is 38.0 Å². The minimum Gasteiger partial charge on any atom is -0.508 e. The molecule has 0 unspecified atom stereocenters. The zero-order chi connectivity index (χ0) is 21.7. The molecule has 0 radical (unpaired) electrons. The summed E-state index contributed by atoms with van der Waals surface area (Å²) in [4.78, 5) is 21.3. The fraction of sp³-hybridized carbons (Fsp3) is 0.476. The van der Waals surface area contributed by atoms with Crippen LogP contribution in [0.15, 0.2) is 24.3 Å². The van der Waals surface area contributed by atoms with Gasteiger partial charge in [-0.3, -0.25) is 9.69 Å². The lowest BCUT2D eigenvalue weighted by Crippen LogP contribution is -2.38. The normalized spacial score (nSPS) is 15.3. The molecule has 3 N–H and O–H groups in total. The number of carboxylic acid groups (broad SMARTS) is 1. The largest absolute Gasteiger partial charge is 0.508 e. The minimum absolute atomic E-state index is 0.0389. The Morgan fingerprint density at radius 2 is 2.00 bits per heavy atom. The molecule has 1 aliphatic heterocycles. The lowest BCUT2D eigenvalue weighted by molar-refractivity contribution is -0.136. The molecule has 8 nitrogen and oxygen atoms in total. The first kappa shape index (κ1) is 22.1. The molecule has 0 atom stereocenters. The van der Waals surface area contributed by atoms with Gasteiger partial charge in [-0.15, -0.1) is 0 Å². The molecular weight excluding hydrogens is 408 g/mol. The Bertz CT molecular complexity index is 885. The van der Waals surface area contributed by atoms with E-state index in [1.807, 2.05) is 19.9 Å². The number of benzene rings is 1. The standard InChI is InChI=1S/C21H27ClN4O4/c1-13(2)30-18-8-14(7-17(27)11-18)12-26-5-3-15(4-6-26)23-19-9-16(10-20(28)29)24-21(22)25-19/h7-9,11,13,15,27H,3-6,10,12H2,1-2H3,(H,28,29)(H,23,24,25). The summed E-state index contributed by atoms with van der Waals surface area (Å²) in [5.41, 5.74) is 1.39. The first-order valence-corrected chi connectivity index (χ1v) is 10.4. The van der Waals surface area contributed by atoms with Crippen molar-refractivity contribution in [2.24, 2.45) is 0 Å². The molecule has 162 valence electrons. The van der Waals surface area contributed by atoms with Crippen LogP contribution in [0, 0.1) is 0 Å². The van der Waals surface area contributed by atoms with E-state index >= 15 is 0 Å². The van der Waals surface area contributed by atoms with Gasteiger partial charge in [0, 0.05) is 37.8 Å². The second-order valence-corrected chi connectivity index (χ2v) is 8.12. The van der Waals surface area contributed by atoms with Crippen LogP contribution in [0.25, 0.3) is 0 Å². The molecule has 0 spiro atoms. The molecule has 0 aliphatic carbocycles. The molecule has 1 saturated heterocycles.